The van der Waals surface area contributed by atoms with Gasteiger partial charge in [0.2, 0.25) is 0 Å². The Morgan fingerprint density at radius 1 is 1.32 bits per heavy atom. The highest BCUT2D eigenvalue weighted by Crippen LogP contribution is 2.26. The van der Waals surface area contributed by atoms with E-state index in [9.17, 15) is 4.79 Å². The lowest BCUT2D eigenvalue weighted by Crippen LogP contribution is -2.30. The van der Waals surface area contributed by atoms with Gasteiger partial charge in [-0.1, -0.05) is 12.1 Å². The van der Waals surface area contributed by atoms with Crippen LogP contribution in [-0.4, -0.2) is 22.6 Å². The molecule has 5 nitrogen and oxygen atoms in total. The zero-order chi connectivity index (χ0) is 18.0. The molecular formula is C19H21N3O2S. The van der Waals surface area contributed by atoms with E-state index in [1.807, 2.05) is 62.0 Å². The number of methoxy groups -OCH3 is 1. The van der Waals surface area contributed by atoms with Crippen molar-refractivity contribution in [1.82, 2.24) is 14.9 Å². The summed E-state index contributed by atoms with van der Waals surface area (Å²) in [6.07, 6.45) is 3.60. The van der Waals surface area contributed by atoms with Crippen LogP contribution in [0.5, 0.6) is 5.75 Å². The molecule has 0 fully saturated rings. The normalized spacial score (nSPS) is 12.0. The molecule has 0 spiro atoms. The minimum absolute atomic E-state index is 0.1000. The molecule has 2 heterocycles. The first-order chi connectivity index (χ1) is 12.0. The maximum Gasteiger partial charge on any atom is 0.262 e. The summed E-state index contributed by atoms with van der Waals surface area (Å²) in [5.41, 5.74) is 2.05. The van der Waals surface area contributed by atoms with Gasteiger partial charge in [-0.05, 0) is 43.2 Å². The number of imidazole rings is 1. The van der Waals surface area contributed by atoms with E-state index in [-0.39, 0.29) is 11.9 Å². The van der Waals surface area contributed by atoms with Crippen LogP contribution in [0.4, 0.5) is 0 Å². The van der Waals surface area contributed by atoms with E-state index in [2.05, 4.69) is 10.3 Å². The minimum Gasteiger partial charge on any atom is -0.497 e. The molecule has 2 aromatic heterocycles. The lowest BCUT2D eigenvalue weighted by Gasteiger charge is -2.19. The third-order valence-corrected chi connectivity index (χ3v) is 5.36. The molecule has 3 rings (SSSR count). The highest BCUT2D eigenvalue weighted by atomic mass is 32.1. The van der Waals surface area contributed by atoms with Crippen LogP contribution in [0, 0.1) is 13.8 Å². The van der Waals surface area contributed by atoms with Gasteiger partial charge in [-0.15, -0.1) is 11.3 Å². The van der Waals surface area contributed by atoms with Crippen LogP contribution >= 0.6 is 11.3 Å². The van der Waals surface area contributed by atoms with Crippen LogP contribution < -0.4 is 10.1 Å². The lowest BCUT2D eigenvalue weighted by atomic mass is 10.1. The number of aromatic nitrogens is 2. The first kappa shape index (κ1) is 17.2. The highest BCUT2D eigenvalue weighted by molar-refractivity contribution is 7.14. The molecule has 1 N–H and O–H groups in total. The molecule has 0 unspecified atom stereocenters. The van der Waals surface area contributed by atoms with Crippen LogP contribution in [0.25, 0.3) is 0 Å². The Hall–Kier alpha value is -2.60. The number of carbonyl (C=O) groups is 1. The van der Waals surface area contributed by atoms with Crippen LogP contribution in [0.3, 0.4) is 0 Å². The Morgan fingerprint density at radius 3 is 2.72 bits per heavy atom. The quantitative estimate of drug-likeness (QED) is 0.760. The number of nitrogens with zero attached hydrogens (tertiary/aromatic N) is 2. The Morgan fingerprint density at radius 2 is 2.12 bits per heavy atom. The fourth-order valence-corrected chi connectivity index (χ4v) is 3.60. The molecule has 3 aromatic rings. The average molecular weight is 355 g/mol. The number of nitrogens with one attached hydrogen (secondary N) is 1. The zero-order valence-corrected chi connectivity index (χ0v) is 15.6. The molecule has 1 aromatic carbocycles. The maximum absolute atomic E-state index is 12.8. The molecule has 130 valence electrons. The van der Waals surface area contributed by atoms with Gasteiger partial charge in [-0.3, -0.25) is 4.79 Å². The summed E-state index contributed by atoms with van der Waals surface area (Å²) >= 11 is 1.50. The van der Waals surface area contributed by atoms with Gasteiger partial charge in [0.1, 0.15) is 17.6 Å². The Labute approximate surface area is 151 Å². The van der Waals surface area contributed by atoms with E-state index in [0.717, 1.165) is 27.6 Å². The summed E-state index contributed by atoms with van der Waals surface area (Å²) in [6.45, 7) is 4.04. The molecule has 1 atom stereocenters. The molecule has 0 aliphatic heterocycles. The SMILES string of the molecule is COc1cccc([C@H](NC(=O)c2cc(C)c(C)s2)c2nccn2C)c1. The molecular weight excluding hydrogens is 334 g/mol. The predicted molar refractivity (Wildman–Crippen MR) is 99.3 cm³/mol. The number of hydrogen-bond acceptors (Lipinski definition) is 4. The second kappa shape index (κ2) is 7.11. The van der Waals surface area contributed by atoms with Crippen molar-refractivity contribution in [3.63, 3.8) is 0 Å². The van der Waals surface area contributed by atoms with Gasteiger partial charge >= 0.3 is 0 Å². The van der Waals surface area contributed by atoms with Crippen molar-refractivity contribution < 1.29 is 9.53 Å². The van der Waals surface area contributed by atoms with E-state index < -0.39 is 0 Å². The minimum atomic E-state index is -0.356. The van der Waals surface area contributed by atoms with Gasteiger partial charge in [0.05, 0.1) is 12.0 Å². The Kier molecular flexibility index (Phi) is 4.90. The summed E-state index contributed by atoms with van der Waals surface area (Å²) < 4.78 is 7.24. The van der Waals surface area contributed by atoms with E-state index in [0.29, 0.717) is 4.88 Å². The van der Waals surface area contributed by atoms with Gasteiger partial charge in [-0.25, -0.2) is 4.98 Å². The van der Waals surface area contributed by atoms with Gasteiger partial charge in [-0.2, -0.15) is 0 Å². The van der Waals surface area contributed by atoms with Crippen molar-refractivity contribution in [1.29, 1.82) is 0 Å². The topological polar surface area (TPSA) is 56.1 Å². The number of aryl methyl sites for hydroxylation is 3. The fraction of sp³-hybridized carbons (Fsp3) is 0.263. The number of rotatable bonds is 5. The highest BCUT2D eigenvalue weighted by Gasteiger charge is 2.23. The van der Waals surface area contributed by atoms with E-state index in [1.54, 1.807) is 13.3 Å². The molecule has 0 saturated heterocycles. The van der Waals surface area contributed by atoms with Crippen LogP contribution in [0.2, 0.25) is 0 Å². The number of amides is 1. The van der Waals surface area contributed by atoms with Crippen LogP contribution in [0.1, 0.15) is 37.5 Å². The van der Waals surface area contributed by atoms with Gasteiger partial charge in [0, 0.05) is 24.3 Å². The van der Waals surface area contributed by atoms with Crippen molar-refractivity contribution in [2.24, 2.45) is 7.05 Å². The molecule has 0 saturated carbocycles. The lowest BCUT2D eigenvalue weighted by molar-refractivity contribution is 0.0945. The van der Waals surface area contributed by atoms with Gasteiger partial charge in [0.15, 0.2) is 0 Å². The van der Waals surface area contributed by atoms with E-state index in [1.165, 1.54) is 11.3 Å². The number of hydrogen-bond donors (Lipinski definition) is 1. The zero-order valence-electron chi connectivity index (χ0n) is 14.7. The molecule has 0 aliphatic rings. The number of ether oxygens (including phenoxy) is 1. The van der Waals surface area contributed by atoms with Crippen LogP contribution in [-0.2, 0) is 7.05 Å². The molecule has 1 amide bonds. The maximum atomic E-state index is 12.8. The molecule has 25 heavy (non-hydrogen) atoms. The molecule has 0 radical (unpaired) electrons. The first-order valence-electron chi connectivity index (χ1n) is 7.98. The number of carbonyl (C=O) groups excluding carboxylic acids is 1. The van der Waals surface area contributed by atoms with Crippen molar-refractivity contribution in [3.8, 4) is 5.75 Å². The second-order valence-corrected chi connectivity index (χ2v) is 7.19. The summed E-state index contributed by atoms with van der Waals surface area (Å²) in [5, 5.41) is 3.12. The standard InChI is InChI=1S/C19H21N3O2S/c1-12-10-16(25-13(12)2)19(23)21-17(18-20-8-9-22(18)3)14-6-5-7-15(11-14)24-4/h5-11,17H,1-4H3,(H,21,23)/t17-/m0/s1. The molecule has 0 bridgehead atoms. The number of thiophene rings is 1. The van der Waals surface area contributed by atoms with Crippen molar-refractivity contribution in [3.05, 3.63) is 69.4 Å². The van der Waals surface area contributed by atoms with Crippen molar-refractivity contribution in [2.45, 2.75) is 19.9 Å². The first-order valence-corrected chi connectivity index (χ1v) is 8.80. The average Bonchev–Trinajstić information content (AvgIpc) is 3.18. The third-order valence-electron chi connectivity index (χ3n) is 4.21. The molecule has 6 heteroatoms. The van der Waals surface area contributed by atoms with Crippen molar-refractivity contribution >= 4 is 17.2 Å². The van der Waals surface area contributed by atoms with E-state index >= 15 is 0 Å². The summed E-state index contributed by atoms with van der Waals surface area (Å²) in [4.78, 5) is 19.1. The Balaban J connectivity index is 1.96. The van der Waals surface area contributed by atoms with Crippen LogP contribution in [0.15, 0.2) is 42.7 Å². The smallest absolute Gasteiger partial charge is 0.262 e. The Bertz CT molecular complexity index is 878. The largest absolute Gasteiger partial charge is 0.497 e. The fourth-order valence-electron chi connectivity index (χ4n) is 2.66. The summed E-state index contributed by atoms with van der Waals surface area (Å²) in [5.74, 6) is 1.41. The third kappa shape index (κ3) is 3.58. The summed E-state index contributed by atoms with van der Waals surface area (Å²) in [6, 6.07) is 9.25. The molecule has 0 aliphatic carbocycles. The van der Waals surface area contributed by atoms with Crippen molar-refractivity contribution in [2.75, 3.05) is 7.11 Å². The monoisotopic (exact) mass is 355 g/mol. The predicted octanol–water partition coefficient (Wildman–Crippen LogP) is 3.63. The number of benzene rings is 1. The second-order valence-electron chi connectivity index (χ2n) is 5.93. The summed E-state index contributed by atoms with van der Waals surface area (Å²) in [7, 11) is 3.55. The van der Waals surface area contributed by atoms with Gasteiger partial charge < -0.3 is 14.6 Å². The van der Waals surface area contributed by atoms with E-state index in [4.69, 9.17) is 4.74 Å². The van der Waals surface area contributed by atoms with Gasteiger partial charge in [0.25, 0.3) is 5.91 Å².